The van der Waals surface area contributed by atoms with Crippen molar-refractivity contribution < 1.29 is 14.1 Å². The second kappa shape index (κ2) is 6.11. The molecule has 1 saturated heterocycles. The van der Waals surface area contributed by atoms with Crippen molar-refractivity contribution in [3.8, 4) is 0 Å². The Morgan fingerprint density at radius 1 is 1.43 bits per heavy atom. The van der Waals surface area contributed by atoms with Gasteiger partial charge in [-0.3, -0.25) is 9.69 Å². The molecule has 0 spiro atoms. The second-order valence-electron chi connectivity index (χ2n) is 5.63. The van der Waals surface area contributed by atoms with Gasteiger partial charge in [0.1, 0.15) is 0 Å². The van der Waals surface area contributed by atoms with Crippen LogP contribution in [-0.4, -0.2) is 27.0 Å². The lowest BCUT2D eigenvalue weighted by Crippen LogP contribution is -2.40. The topological polar surface area (TPSA) is 88.3 Å². The van der Waals surface area contributed by atoms with Crippen LogP contribution in [0, 0.1) is 0 Å². The molecule has 3 amide bonds. The van der Waals surface area contributed by atoms with Crippen molar-refractivity contribution in [3.63, 3.8) is 0 Å². The fourth-order valence-corrected chi connectivity index (χ4v) is 3.33. The summed E-state index contributed by atoms with van der Waals surface area (Å²) in [5.74, 6) is 0.579. The van der Waals surface area contributed by atoms with Crippen LogP contribution in [0.5, 0.6) is 0 Å². The molecular formula is C15H18N4O3S. The molecule has 122 valence electrons. The van der Waals surface area contributed by atoms with E-state index in [0.717, 1.165) is 22.6 Å². The molecule has 1 atom stereocenters. The van der Waals surface area contributed by atoms with Crippen LogP contribution >= 0.6 is 11.3 Å². The molecule has 23 heavy (non-hydrogen) atoms. The maximum atomic E-state index is 12.7. The van der Waals surface area contributed by atoms with E-state index in [9.17, 15) is 9.59 Å². The summed E-state index contributed by atoms with van der Waals surface area (Å²) in [7, 11) is 0. The normalized spacial score (nSPS) is 21.0. The van der Waals surface area contributed by atoms with Crippen LogP contribution in [0.15, 0.2) is 22.0 Å². The van der Waals surface area contributed by atoms with Gasteiger partial charge in [-0.2, -0.15) is 4.98 Å². The number of imide groups is 1. The molecule has 1 aliphatic heterocycles. The van der Waals surface area contributed by atoms with Gasteiger partial charge in [0.2, 0.25) is 5.89 Å². The van der Waals surface area contributed by atoms with E-state index in [4.69, 9.17) is 4.52 Å². The lowest BCUT2D eigenvalue weighted by molar-refractivity contribution is -0.131. The average molecular weight is 334 g/mol. The molecule has 0 aliphatic carbocycles. The van der Waals surface area contributed by atoms with Gasteiger partial charge in [0.05, 0.1) is 6.54 Å². The summed E-state index contributed by atoms with van der Waals surface area (Å²) in [5, 5.41) is 8.49. The summed E-state index contributed by atoms with van der Waals surface area (Å²) in [6.45, 7) is 3.80. The number of amides is 3. The molecule has 1 aliphatic rings. The number of rotatable bonds is 6. The predicted molar refractivity (Wildman–Crippen MR) is 83.7 cm³/mol. The van der Waals surface area contributed by atoms with Gasteiger partial charge in [-0.25, -0.2) is 4.79 Å². The molecule has 0 bridgehead atoms. The van der Waals surface area contributed by atoms with Crippen LogP contribution in [0.2, 0.25) is 0 Å². The molecular weight excluding hydrogens is 316 g/mol. The Morgan fingerprint density at radius 3 is 2.96 bits per heavy atom. The SMILES string of the molecule is CCCCc1nc(CN2C(=O)N[C@](C)(c3cccs3)C2=O)no1. The molecule has 0 unspecified atom stereocenters. The van der Waals surface area contributed by atoms with E-state index in [2.05, 4.69) is 22.4 Å². The van der Waals surface area contributed by atoms with Crippen LogP contribution in [0.3, 0.4) is 0 Å². The number of nitrogens with one attached hydrogen (secondary N) is 1. The van der Waals surface area contributed by atoms with Crippen molar-refractivity contribution in [3.05, 3.63) is 34.1 Å². The van der Waals surface area contributed by atoms with Gasteiger partial charge in [0.15, 0.2) is 11.4 Å². The fourth-order valence-electron chi connectivity index (χ4n) is 2.50. The van der Waals surface area contributed by atoms with Gasteiger partial charge in [-0.1, -0.05) is 24.6 Å². The maximum absolute atomic E-state index is 12.7. The summed E-state index contributed by atoms with van der Waals surface area (Å²) >= 11 is 1.43. The van der Waals surface area contributed by atoms with Crippen molar-refractivity contribution in [2.24, 2.45) is 0 Å². The minimum Gasteiger partial charge on any atom is -0.339 e. The molecule has 1 fully saturated rings. The second-order valence-corrected chi connectivity index (χ2v) is 6.58. The van der Waals surface area contributed by atoms with Crippen LogP contribution in [-0.2, 0) is 23.3 Å². The van der Waals surface area contributed by atoms with E-state index in [1.54, 1.807) is 6.92 Å². The van der Waals surface area contributed by atoms with E-state index in [0.29, 0.717) is 18.1 Å². The molecule has 2 aromatic heterocycles. The highest BCUT2D eigenvalue weighted by molar-refractivity contribution is 7.10. The molecule has 0 radical (unpaired) electrons. The number of carbonyl (C=O) groups is 2. The van der Waals surface area contributed by atoms with Crippen LogP contribution in [0.25, 0.3) is 0 Å². The number of nitrogens with zero attached hydrogens (tertiary/aromatic N) is 3. The van der Waals surface area contributed by atoms with Crippen LogP contribution in [0.4, 0.5) is 4.79 Å². The van der Waals surface area contributed by atoms with Crippen molar-refractivity contribution >= 4 is 23.3 Å². The van der Waals surface area contributed by atoms with Gasteiger partial charge >= 0.3 is 6.03 Å². The number of urea groups is 1. The third-order valence-corrected chi connectivity index (χ3v) is 4.93. The highest BCUT2D eigenvalue weighted by atomic mass is 32.1. The lowest BCUT2D eigenvalue weighted by Gasteiger charge is -2.19. The largest absolute Gasteiger partial charge is 0.339 e. The Labute approximate surface area is 137 Å². The Hall–Kier alpha value is -2.22. The number of thiophene rings is 1. The number of carbonyl (C=O) groups excluding carboxylic acids is 2. The highest BCUT2D eigenvalue weighted by Crippen LogP contribution is 2.32. The van der Waals surface area contributed by atoms with E-state index >= 15 is 0 Å². The first-order chi connectivity index (χ1) is 11.0. The van der Waals surface area contributed by atoms with Gasteiger partial charge in [0, 0.05) is 11.3 Å². The van der Waals surface area contributed by atoms with Crippen molar-refractivity contribution in [2.45, 2.75) is 45.2 Å². The zero-order valence-electron chi connectivity index (χ0n) is 13.0. The molecule has 8 heteroatoms. The zero-order chi connectivity index (χ0) is 16.4. The molecule has 0 saturated carbocycles. The molecule has 7 nitrogen and oxygen atoms in total. The summed E-state index contributed by atoms with van der Waals surface area (Å²) < 4.78 is 5.14. The number of unbranched alkanes of at least 4 members (excludes halogenated alkanes) is 1. The summed E-state index contributed by atoms with van der Waals surface area (Å²) in [6, 6.07) is 3.25. The molecule has 1 N–H and O–H groups in total. The summed E-state index contributed by atoms with van der Waals surface area (Å²) in [5.41, 5.74) is -1.03. The summed E-state index contributed by atoms with van der Waals surface area (Å²) in [6.07, 6.45) is 2.70. The Balaban J connectivity index is 1.75. The van der Waals surface area contributed by atoms with Gasteiger partial charge < -0.3 is 9.84 Å². The first-order valence-electron chi connectivity index (χ1n) is 7.54. The monoisotopic (exact) mass is 334 g/mol. The van der Waals surface area contributed by atoms with Crippen molar-refractivity contribution in [2.75, 3.05) is 0 Å². The van der Waals surface area contributed by atoms with E-state index in [1.807, 2.05) is 17.5 Å². The maximum Gasteiger partial charge on any atom is 0.325 e. The smallest absolute Gasteiger partial charge is 0.325 e. The number of hydrogen-bond acceptors (Lipinski definition) is 6. The fraction of sp³-hybridized carbons (Fsp3) is 0.467. The predicted octanol–water partition coefficient (Wildman–Crippen LogP) is 2.44. The minimum absolute atomic E-state index is 0.0151. The molecule has 3 rings (SSSR count). The minimum atomic E-state index is -1.03. The van der Waals surface area contributed by atoms with Gasteiger partial charge in [0.25, 0.3) is 5.91 Å². The number of hydrogen-bond donors (Lipinski definition) is 1. The number of aryl methyl sites for hydroxylation is 1. The first-order valence-corrected chi connectivity index (χ1v) is 8.42. The lowest BCUT2D eigenvalue weighted by atomic mass is 10.0. The average Bonchev–Trinajstić information content (AvgIpc) is 3.24. The number of aromatic nitrogens is 2. The molecule has 3 heterocycles. The zero-order valence-corrected chi connectivity index (χ0v) is 13.9. The van der Waals surface area contributed by atoms with Crippen molar-refractivity contribution in [1.82, 2.24) is 20.4 Å². The molecule has 2 aromatic rings. The van der Waals surface area contributed by atoms with Gasteiger partial charge in [-0.15, -0.1) is 11.3 Å². The Kier molecular flexibility index (Phi) is 4.16. The van der Waals surface area contributed by atoms with E-state index < -0.39 is 11.6 Å². The quantitative estimate of drug-likeness (QED) is 0.820. The van der Waals surface area contributed by atoms with Crippen LogP contribution < -0.4 is 5.32 Å². The van der Waals surface area contributed by atoms with E-state index in [-0.39, 0.29) is 12.5 Å². The molecule has 0 aromatic carbocycles. The highest BCUT2D eigenvalue weighted by Gasteiger charge is 2.49. The van der Waals surface area contributed by atoms with Crippen molar-refractivity contribution in [1.29, 1.82) is 0 Å². The standard InChI is InChI=1S/C15H18N4O3S/c1-3-4-7-12-16-11(18-22-12)9-19-13(20)15(2,17-14(19)21)10-6-5-8-23-10/h5-6,8H,3-4,7,9H2,1-2H3,(H,17,21)/t15-/m1/s1. The van der Waals surface area contributed by atoms with E-state index in [1.165, 1.54) is 11.3 Å². The Bertz CT molecular complexity index is 712. The first kappa shape index (κ1) is 15.7. The third-order valence-electron chi connectivity index (χ3n) is 3.84. The van der Waals surface area contributed by atoms with Gasteiger partial charge in [-0.05, 0) is 24.8 Å². The van der Waals surface area contributed by atoms with Crippen LogP contribution in [0.1, 0.15) is 43.3 Å². The summed E-state index contributed by atoms with van der Waals surface area (Å²) in [4.78, 5) is 31.0. The Morgan fingerprint density at radius 2 is 2.26 bits per heavy atom. The third kappa shape index (κ3) is 2.86.